The van der Waals surface area contributed by atoms with Crippen molar-refractivity contribution < 1.29 is 9.84 Å². The highest BCUT2D eigenvalue weighted by atomic mass is 79.9. The minimum atomic E-state index is -0.605. The maximum Gasteiger partial charge on any atom is 0.133 e. The summed E-state index contributed by atoms with van der Waals surface area (Å²) in [5.74, 6) is 1.32. The summed E-state index contributed by atoms with van der Waals surface area (Å²) in [5, 5.41) is 10.4. The molecule has 0 amide bonds. The molecule has 19 heavy (non-hydrogen) atoms. The number of aliphatic hydroxyl groups excluding tert-OH is 1. The molecule has 0 aliphatic carbocycles. The molecule has 4 heteroatoms. The van der Waals surface area contributed by atoms with Crippen molar-refractivity contribution in [3.63, 3.8) is 0 Å². The van der Waals surface area contributed by atoms with E-state index in [1.54, 1.807) is 13.0 Å². The topological polar surface area (TPSA) is 29.5 Å². The van der Waals surface area contributed by atoms with Gasteiger partial charge in [-0.3, -0.25) is 0 Å². The van der Waals surface area contributed by atoms with Gasteiger partial charge in [-0.25, -0.2) is 0 Å². The Morgan fingerprint density at radius 1 is 1.16 bits per heavy atom. The van der Waals surface area contributed by atoms with Crippen molar-refractivity contribution in [2.24, 2.45) is 0 Å². The van der Waals surface area contributed by atoms with Crippen LogP contribution in [0.2, 0.25) is 5.02 Å². The molecule has 0 saturated carbocycles. The molecule has 1 unspecified atom stereocenters. The summed E-state index contributed by atoms with van der Waals surface area (Å²) in [4.78, 5) is 0. The van der Waals surface area contributed by atoms with Crippen LogP contribution in [0.5, 0.6) is 11.5 Å². The fourth-order valence-electron chi connectivity index (χ4n) is 1.74. The molecule has 2 aromatic rings. The quantitative estimate of drug-likeness (QED) is 0.825. The average Bonchev–Trinajstić information content (AvgIpc) is 2.35. The van der Waals surface area contributed by atoms with Gasteiger partial charge in [-0.1, -0.05) is 33.6 Å². The zero-order valence-corrected chi connectivity index (χ0v) is 13.0. The first-order chi connectivity index (χ1) is 8.97. The molecule has 0 bridgehead atoms. The van der Waals surface area contributed by atoms with Crippen molar-refractivity contribution in [1.82, 2.24) is 0 Å². The Balaban J connectivity index is 2.40. The second kappa shape index (κ2) is 5.95. The molecule has 0 aromatic heterocycles. The van der Waals surface area contributed by atoms with Gasteiger partial charge < -0.3 is 9.84 Å². The first-order valence-corrected chi connectivity index (χ1v) is 7.06. The van der Waals surface area contributed by atoms with Gasteiger partial charge in [-0.05, 0) is 49.7 Å². The number of aryl methyl sites for hydroxylation is 1. The summed E-state index contributed by atoms with van der Waals surface area (Å²) in [6.45, 7) is 3.66. The number of hydrogen-bond acceptors (Lipinski definition) is 2. The monoisotopic (exact) mass is 340 g/mol. The van der Waals surface area contributed by atoms with Crippen LogP contribution in [0.15, 0.2) is 40.9 Å². The number of rotatable bonds is 3. The number of hydrogen-bond donors (Lipinski definition) is 1. The van der Waals surface area contributed by atoms with Crippen molar-refractivity contribution in [3.05, 3.63) is 57.0 Å². The lowest BCUT2D eigenvalue weighted by Gasteiger charge is -2.15. The molecule has 0 aliphatic heterocycles. The van der Waals surface area contributed by atoms with Crippen LogP contribution in [0.25, 0.3) is 0 Å². The standard InChI is InChI=1S/C15H14BrClO2/c1-9-3-5-12(17)8-15(9)19-14-6-4-11(16)7-13(14)10(2)18/h3-8,10,18H,1-2H3. The van der Waals surface area contributed by atoms with E-state index < -0.39 is 6.10 Å². The SMILES string of the molecule is Cc1ccc(Cl)cc1Oc1ccc(Br)cc1C(C)O. The van der Waals surface area contributed by atoms with Gasteiger partial charge in [0.1, 0.15) is 11.5 Å². The Kier molecular flexibility index (Phi) is 4.50. The van der Waals surface area contributed by atoms with E-state index in [4.69, 9.17) is 16.3 Å². The molecule has 2 aromatic carbocycles. The fourth-order valence-corrected chi connectivity index (χ4v) is 2.28. The third-order valence-electron chi connectivity index (χ3n) is 2.79. The average molecular weight is 342 g/mol. The van der Waals surface area contributed by atoms with E-state index in [-0.39, 0.29) is 0 Å². The fraction of sp³-hybridized carbons (Fsp3) is 0.200. The van der Waals surface area contributed by atoms with Gasteiger partial charge in [-0.15, -0.1) is 0 Å². The van der Waals surface area contributed by atoms with Gasteiger partial charge in [-0.2, -0.15) is 0 Å². The van der Waals surface area contributed by atoms with Gasteiger partial charge in [0.05, 0.1) is 6.10 Å². The van der Waals surface area contributed by atoms with Crippen LogP contribution in [0.1, 0.15) is 24.2 Å². The van der Waals surface area contributed by atoms with E-state index in [1.807, 2.05) is 37.3 Å². The summed E-state index contributed by atoms with van der Waals surface area (Å²) in [6.07, 6.45) is -0.605. The zero-order chi connectivity index (χ0) is 14.0. The molecule has 0 saturated heterocycles. The van der Waals surface area contributed by atoms with E-state index >= 15 is 0 Å². The molecule has 1 atom stereocenters. The first kappa shape index (κ1) is 14.4. The number of aliphatic hydroxyl groups is 1. The predicted octanol–water partition coefficient (Wildman–Crippen LogP) is 5.26. The minimum Gasteiger partial charge on any atom is -0.457 e. The van der Waals surface area contributed by atoms with Gasteiger partial charge in [0.2, 0.25) is 0 Å². The minimum absolute atomic E-state index is 0.605. The summed E-state index contributed by atoms with van der Waals surface area (Å²) >= 11 is 9.36. The van der Waals surface area contributed by atoms with E-state index in [1.165, 1.54) is 0 Å². The molecule has 1 N–H and O–H groups in total. The van der Waals surface area contributed by atoms with Crippen LogP contribution in [-0.4, -0.2) is 5.11 Å². The smallest absolute Gasteiger partial charge is 0.133 e. The van der Waals surface area contributed by atoms with Gasteiger partial charge in [0.15, 0.2) is 0 Å². The maximum atomic E-state index is 9.80. The Morgan fingerprint density at radius 2 is 1.89 bits per heavy atom. The van der Waals surface area contributed by atoms with E-state index in [9.17, 15) is 5.11 Å². The summed E-state index contributed by atoms with van der Waals surface area (Å²) in [5.41, 5.74) is 1.72. The molecule has 0 heterocycles. The Hall–Kier alpha value is -1.03. The zero-order valence-electron chi connectivity index (χ0n) is 10.7. The summed E-state index contributed by atoms with van der Waals surface area (Å²) in [6, 6.07) is 11.0. The van der Waals surface area contributed by atoms with Crippen LogP contribution in [0, 0.1) is 6.92 Å². The third kappa shape index (κ3) is 3.50. The molecule has 2 rings (SSSR count). The Morgan fingerprint density at radius 3 is 2.58 bits per heavy atom. The molecular weight excluding hydrogens is 328 g/mol. The normalized spacial score (nSPS) is 12.3. The lowest BCUT2D eigenvalue weighted by atomic mass is 10.1. The second-order valence-corrected chi connectivity index (χ2v) is 5.72. The van der Waals surface area contributed by atoms with Crippen LogP contribution >= 0.6 is 27.5 Å². The highest BCUT2D eigenvalue weighted by Crippen LogP contribution is 2.34. The molecule has 2 nitrogen and oxygen atoms in total. The third-order valence-corrected chi connectivity index (χ3v) is 3.52. The van der Waals surface area contributed by atoms with E-state index in [0.717, 1.165) is 15.6 Å². The number of benzene rings is 2. The molecular formula is C15H14BrClO2. The van der Waals surface area contributed by atoms with Gasteiger partial charge in [0.25, 0.3) is 0 Å². The molecule has 0 aliphatic rings. The van der Waals surface area contributed by atoms with Crippen LogP contribution in [-0.2, 0) is 0 Å². The lowest BCUT2D eigenvalue weighted by Crippen LogP contribution is -1.97. The van der Waals surface area contributed by atoms with E-state index in [0.29, 0.717) is 16.5 Å². The molecule has 0 spiro atoms. The molecule has 100 valence electrons. The summed E-state index contributed by atoms with van der Waals surface area (Å²) in [7, 11) is 0. The van der Waals surface area contributed by atoms with E-state index in [2.05, 4.69) is 15.9 Å². The van der Waals surface area contributed by atoms with Crippen molar-refractivity contribution >= 4 is 27.5 Å². The largest absolute Gasteiger partial charge is 0.457 e. The van der Waals surface area contributed by atoms with Crippen LogP contribution in [0.3, 0.4) is 0 Å². The first-order valence-electron chi connectivity index (χ1n) is 5.89. The lowest BCUT2D eigenvalue weighted by molar-refractivity contribution is 0.195. The Bertz CT molecular complexity index is 597. The predicted molar refractivity (Wildman–Crippen MR) is 81.0 cm³/mol. The number of ether oxygens (including phenoxy) is 1. The maximum absolute atomic E-state index is 9.80. The van der Waals surface area contributed by atoms with Crippen molar-refractivity contribution in [2.75, 3.05) is 0 Å². The molecule has 0 radical (unpaired) electrons. The number of halogens is 2. The molecule has 0 fully saturated rings. The van der Waals surface area contributed by atoms with Crippen molar-refractivity contribution in [1.29, 1.82) is 0 Å². The summed E-state index contributed by atoms with van der Waals surface area (Å²) < 4.78 is 6.77. The van der Waals surface area contributed by atoms with Crippen molar-refractivity contribution in [2.45, 2.75) is 20.0 Å². The Labute approximate surface area is 126 Å². The highest BCUT2D eigenvalue weighted by Gasteiger charge is 2.12. The van der Waals surface area contributed by atoms with Gasteiger partial charge in [0, 0.05) is 15.1 Å². The highest BCUT2D eigenvalue weighted by molar-refractivity contribution is 9.10. The van der Waals surface area contributed by atoms with Crippen LogP contribution in [0.4, 0.5) is 0 Å². The van der Waals surface area contributed by atoms with Gasteiger partial charge >= 0.3 is 0 Å². The van der Waals surface area contributed by atoms with Crippen molar-refractivity contribution in [3.8, 4) is 11.5 Å². The van der Waals surface area contributed by atoms with Crippen LogP contribution < -0.4 is 4.74 Å². The second-order valence-electron chi connectivity index (χ2n) is 4.37.